The zero-order valence-corrected chi connectivity index (χ0v) is 18.6. The lowest BCUT2D eigenvalue weighted by molar-refractivity contribution is -0.231. The van der Waals surface area contributed by atoms with Crippen molar-refractivity contribution in [2.75, 3.05) is 19.5 Å². The van der Waals surface area contributed by atoms with Gasteiger partial charge in [-0.05, 0) is 0 Å². The summed E-state index contributed by atoms with van der Waals surface area (Å²) in [6.45, 7) is 6.00. The highest BCUT2D eigenvalue weighted by molar-refractivity contribution is 6.15. The highest BCUT2D eigenvalue weighted by Crippen LogP contribution is 2.27. The molecule has 1 N–H and O–H groups in total. The van der Waals surface area contributed by atoms with Gasteiger partial charge >= 0.3 is 23.9 Å². The number of hydrogen-bond acceptors (Lipinski definition) is 11. The van der Waals surface area contributed by atoms with Crippen molar-refractivity contribution < 1.29 is 47.6 Å². The van der Waals surface area contributed by atoms with Crippen LogP contribution in [0.1, 0.15) is 34.1 Å². The summed E-state index contributed by atoms with van der Waals surface area (Å²) in [4.78, 5) is 44.7. The Balaban J connectivity index is 0.000000303. The third kappa shape index (κ3) is 6.89. The van der Waals surface area contributed by atoms with Gasteiger partial charge in [-0.3, -0.25) is 9.59 Å². The molecule has 0 bridgehead atoms. The zero-order chi connectivity index (χ0) is 24.1. The van der Waals surface area contributed by atoms with Crippen LogP contribution in [0.3, 0.4) is 0 Å². The van der Waals surface area contributed by atoms with Crippen LogP contribution in [0, 0.1) is 0 Å². The molecular formula is C21H25NO10. The standard InChI is InChI=1S/C15H17NO6.C6H8O4/c1-15(2)21-13(17)12(14(18)22-15)8-16-9-5-10(19-3)7-11(6-9)20-4;1-6(2)9-4(7)3-5(8)10-6/h5-8,16H,1-4H3;3H2,1-2H3. The lowest BCUT2D eigenvalue weighted by Crippen LogP contribution is -2.42. The van der Waals surface area contributed by atoms with Crippen LogP contribution in [0.5, 0.6) is 11.5 Å². The predicted octanol–water partition coefficient (Wildman–Crippen LogP) is 2.05. The molecule has 0 amide bonds. The predicted molar refractivity (Wildman–Crippen MR) is 108 cm³/mol. The average Bonchev–Trinajstić information content (AvgIpc) is 2.64. The molecule has 2 heterocycles. The van der Waals surface area contributed by atoms with Crippen LogP contribution in [0.15, 0.2) is 30.0 Å². The SMILES string of the molecule is CC1(C)OC(=O)CC(=O)O1.COc1cc(NC=C2C(=O)OC(C)(C)OC2=O)cc(OC)c1. The minimum Gasteiger partial charge on any atom is -0.497 e. The maximum Gasteiger partial charge on any atom is 0.350 e. The number of nitrogens with one attached hydrogen (secondary N) is 1. The molecule has 174 valence electrons. The molecule has 32 heavy (non-hydrogen) atoms. The van der Waals surface area contributed by atoms with E-state index in [1.165, 1.54) is 48.1 Å². The van der Waals surface area contributed by atoms with Crippen molar-refractivity contribution in [3.8, 4) is 11.5 Å². The fraction of sp³-hybridized carbons (Fsp3) is 0.429. The number of anilines is 1. The first-order chi connectivity index (χ1) is 14.8. The quantitative estimate of drug-likeness (QED) is 0.312. The smallest absolute Gasteiger partial charge is 0.350 e. The molecule has 1 aromatic carbocycles. The molecule has 0 unspecified atom stereocenters. The van der Waals surface area contributed by atoms with Crippen molar-refractivity contribution >= 4 is 29.6 Å². The second-order valence-electron chi connectivity index (χ2n) is 7.51. The number of methoxy groups -OCH3 is 2. The lowest BCUT2D eigenvalue weighted by Gasteiger charge is -2.29. The molecule has 1 aromatic rings. The van der Waals surface area contributed by atoms with Gasteiger partial charge in [-0.2, -0.15) is 0 Å². The molecule has 3 rings (SSSR count). The van der Waals surface area contributed by atoms with Crippen molar-refractivity contribution in [3.05, 3.63) is 30.0 Å². The van der Waals surface area contributed by atoms with E-state index in [-0.39, 0.29) is 12.0 Å². The Morgan fingerprint density at radius 3 is 1.62 bits per heavy atom. The molecule has 0 saturated carbocycles. The minimum atomic E-state index is -1.26. The van der Waals surface area contributed by atoms with E-state index in [4.69, 9.17) is 18.9 Å². The highest BCUT2D eigenvalue weighted by atomic mass is 16.7. The van der Waals surface area contributed by atoms with Gasteiger partial charge in [-0.25, -0.2) is 9.59 Å². The van der Waals surface area contributed by atoms with E-state index in [9.17, 15) is 19.2 Å². The molecule has 0 radical (unpaired) electrons. The zero-order valence-electron chi connectivity index (χ0n) is 18.6. The molecule has 0 atom stereocenters. The summed E-state index contributed by atoms with van der Waals surface area (Å²) in [5.41, 5.74) is 0.357. The summed E-state index contributed by atoms with van der Waals surface area (Å²) >= 11 is 0. The van der Waals surface area contributed by atoms with Crippen LogP contribution in [0.25, 0.3) is 0 Å². The molecule has 0 spiro atoms. The van der Waals surface area contributed by atoms with Gasteiger partial charge in [-0.1, -0.05) is 0 Å². The van der Waals surface area contributed by atoms with Crippen LogP contribution in [-0.2, 0) is 38.1 Å². The van der Waals surface area contributed by atoms with E-state index in [1.54, 1.807) is 18.2 Å². The Bertz CT molecular complexity index is 886. The van der Waals surface area contributed by atoms with Crippen molar-refractivity contribution in [2.45, 2.75) is 45.7 Å². The van der Waals surface area contributed by atoms with Gasteiger partial charge in [0.2, 0.25) is 0 Å². The molecular weight excluding hydrogens is 426 g/mol. The number of benzene rings is 1. The summed E-state index contributed by atoms with van der Waals surface area (Å²) in [5, 5.41) is 2.83. The first-order valence-electron chi connectivity index (χ1n) is 9.44. The maximum absolute atomic E-state index is 11.8. The Labute approximate surface area is 184 Å². The third-order valence-electron chi connectivity index (χ3n) is 3.86. The normalized spacial score (nSPS) is 18.6. The van der Waals surface area contributed by atoms with Crippen LogP contribution < -0.4 is 14.8 Å². The van der Waals surface area contributed by atoms with Gasteiger partial charge in [0.05, 0.1) is 14.2 Å². The molecule has 2 aliphatic rings. The van der Waals surface area contributed by atoms with Gasteiger partial charge in [0, 0.05) is 57.8 Å². The van der Waals surface area contributed by atoms with Gasteiger partial charge < -0.3 is 33.7 Å². The summed E-state index contributed by atoms with van der Waals surface area (Å²) in [6.07, 6.45) is 0.956. The number of carbonyl (C=O) groups excluding carboxylic acids is 4. The van der Waals surface area contributed by atoms with Crippen LogP contribution in [-0.4, -0.2) is 49.7 Å². The van der Waals surface area contributed by atoms with Crippen LogP contribution >= 0.6 is 0 Å². The Morgan fingerprint density at radius 1 is 0.781 bits per heavy atom. The van der Waals surface area contributed by atoms with Crippen LogP contribution in [0.2, 0.25) is 0 Å². The van der Waals surface area contributed by atoms with Crippen molar-refractivity contribution in [1.29, 1.82) is 0 Å². The monoisotopic (exact) mass is 451 g/mol. The fourth-order valence-corrected chi connectivity index (χ4v) is 2.58. The van der Waals surface area contributed by atoms with E-state index in [0.717, 1.165) is 0 Å². The van der Waals surface area contributed by atoms with Crippen LogP contribution in [0.4, 0.5) is 5.69 Å². The van der Waals surface area contributed by atoms with E-state index < -0.39 is 35.5 Å². The molecule has 11 heteroatoms. The van der Waals surface area contributed by atoms with Crippen molar-refractivity contribution in [1.82, 2.24) is 0 Å². The van der Waals surface area contributed by atoms with Gasteiger partial charge in [0.1, 0.15) is 17.9 Å². The fourth-order valence-electron chi connectivity index (χ4n) is 2.58. The van der Waals surface area contributed by atoms with E-state index in [1.807, 2.05) is 0 Å². The second kappa shape index (κ2) is 9.58. The largest absolute Gasteiger partial charge is 0.497 e. The topological polar surface area (TPSA) is 136 Å². The maximum atomic E-state index is 11.8. The molecule has 2 aliphatic heterocycles. The van der Waals surface area contributed by atoms with E-state index in [0.29, 0.717) is 17.2 Å². The summed E-state index contributed by atoms with van der Waals surface area (Å²) in [5.74, 6) is -3.75. The van der Waals surface area contributed by atoms with Gasteiger partial charge in [0.15, 0.2) is 5.57 Å². The van der Waals surface area contributed by atoms with E-state index >= 15 is 0 Å². The summed E-state index contributed by atoms with van der Waals surface area (Å²) in [6, 6.07) is 5.07. The second-order valence-corrected chi connectivity index (χ2v) is 7.51. The molecule has 2 fully saturated rings. The first-order valence-corrected chi connectivity index (χ1v) is 9.44. The highest BCUT2D eigenvalue weighted by Gasteiger charge is 2.39. The van der Waals surface area contributed by atoms with Crippen molar-refractivity contribution in [2.24, 2.45) is 0 Å². The van der Waals surface area contributed by atoms with Gasteiger partial charge in [-0.15, -0.1) is 0 Å². The summed E-state index contributed by atoms with van der Waals surface area (Å²) < 4.78 is 29.6. The molecule has 11 nitrogen and oxygen atoms in total. The number of esters is 4. The Morgan fingerprint density at radius 2 is 1.22 bits per heavy atom. The number of cyclic esters (lactones) is 4. The minimum absolute atomic E-state index is 0.221. The number of hydrogen-bond donors (Lipinski definition) is 1. The Hall–Kier alpha value is -3.76. The molecule has 0 aliphatic carbocycles. The summed E-state index contributed by atoms with van der Waals surface area (Å²) in [7, 11) is 3.05. The first kappa shape index (κ1) is 24.5. The number of carbonyl (C=O) groups is 4. The van der Waals surface area contributed by atoms with Gasteiger partial charge in [0.25, 0.3) is 11.6 Å². The van der Waals surface area contributed by atoms with Crippen molar-refractivity contribution in [3.63, 3.8) is 0 Å². The third-order valence-corrected chi connectivity index (χ3v) is 3.86. The Kier molecular flexibility index (Phi) is 7.34. The molecule has 0 aromatic heterocycles. The number of rotatable bonds is 4. The molecule has 2 saturated heterocycles. The van der Waals surface area contributed by atoms with E-state index in [2.05, 4.69) is 14.8 Å². The number of ether oxygens (including phenoxy) is 6. The lowest BCUT2D eigenvalue weighted by atomic mass is 10.2. The average molecular weight is 451 g/mol.